The lowest BCUT2D eigenvalue weighted by Gasteiger charge is -1.95. The average molecular weight is 204 g/mol. The van der Waals surface area contributed by atoms with Crippen LogP contribution >= 0.6 is 0 Å². The molecule has 0 spiro atoms. The van der Waals surface area contributed by atoms with Gasteiger partial charge < -0.3 is 10.8 Å². The summed E-state index contributed by atoms with van der Waals surface area (Å²) in [5.41, 5.74) is 6.84. The topological polar surface area (TPSA) is 105 Å². The largest absolute Gasteiger partial charge is 0.475 e. The van der Waals surface area contributed by atoms with E-state index in [9.17, 15) is 4.79 Å². The van der Waals surface area contributed by atoms with Crippen LogP contribution in [0.1, 0.15) is 10.6 Å². The van der Waals surface area contributed by atoms with E-state index < -0.39 is 5.97 Å². The van der Waals surface area contributed by atoms with E-state index >= 15 is 0 Å². The Morgan fingerprint density at radius 2 is 2.27 bits per heavy atom. The van der Waals surface area contributed by atoms with Crippen molar-refractivity contribution >= 4 is 11.7 Å². The van der Waals surface area contributed by atoms with Crippen LogP contribution in [0.25, 0.3) is 11.4 Å². The summed E-state index contributed by atoms with van der Waals surface area (Å²) < 4.78 is 0. The van der Waals surface area contributed by atoms with Crippen LogP contribution in [0.3, 0.4) is 0 Å². The first kappa shape index (κ1) is 9.20. The van der Waals surface area contributed by atoms with Crippen LogP contribution in [0.5, 0.6) is 0 Å². The Balaban J connectivity index is 2.41. The Labute approximate surface area is 84.8 Å². The number of benzene rings is 1. The highest BCUT2D eigenvalue weighted by Crippen LogP contribution is 2.16. The van der Waals surface area contributed by atoms with Crippen molar-refractivity contribution in [2.45, 2.75) is 0 Å². The molecule has 1 heterocycles. The number of anilines is 1. The molecule has 1 aromatic heterocycles. The van der Waals surface area contributed by atoms with E-state index in [0.29, 0.717) is 17.1 Å². The van der Waals surface area contributed by atoms with Gasteiger partial charge in [-0.25, -0.2) is 9.78 Å². The van der Waals surface area contributed by atoms with Crippen LogP contribution in [0.2, 0.25) is 0 Å². The number of carbonyl (C=O) groups is 1. The second-order valence-corrected chi connectivity index (χ2v) is 2.94. The molecule has 0 amide bonds. The predicted octanol–water partition coefficient (Wildman–Crippen LogP) is 0.752. The number of aromatic carboxylic acids is 1. The second kappa shape index (κ2) is 3.41. The highest BCUT2D eigenvalue weighted by Gasteiger charge is 2.10. The summed E-state index contributed by atoms with van der Waals surface area (Å²) in [5, 5.41) is 14.7. The van der Waals surface area contributed by atoms with Crippen molar-refractivity contribution in [3.8, 4) is 11.4 Å². The van der Waals surface area contributed by atoms with Crippen LogP contribution in [0, 0.1) is 0 Å². The molecule has 0 atom stereocenters. The zero-order valence-corrected chi connectivity index (χ0v) is 7.64. The molecule has 0 aliphatic carbocycles. The van der Waals surface area contributed by atoms with Crippen molar-refractivity contribution in [3.63, 3.8) is 0 Å². The lowest BCUT2D eigenvalue weighted by atomic mass is 10.2. The van der Waals surface area contributed by atoms with E-state index in [1.54, 1.807) is 24.3 Å². The highest BCUT2D eigenvalue weighted by atomic mass is 16.4. The molecular weight excluding hydrogens is 196 g/mol. The number of H-pyrrole nitrogens is 1. The van der Waals surface area contributed by atoms with Crippen LogP contribution in [-0.2, 0) is 0 Å². The predicted molar refractivity (Wildman–Crippen MR) is 53.2 cm³/mol. The maximum Gasteiger partial charge on any atom is 0.373 e. The Morgan fingerprint density at radius 3 is 2.87 bits per heavy atom. The first-order valence-corrected chi connectivity index (χ1v) is 4.18. The molecule has 0 radical (unpaired) electrons. The summed E-state index contributed by atoms with van der Waals surface area (Å²) in [6, 6.07) is 6.91. The van der Waals surface area contributed by atoms with Crippen LogP contribution < -0.4 is 5.73 Å². The Hall–Kier alpha value is -2.37. The van der Waals surface area contributed by atoms with Gasteiger partial charge in [-0.3, -0.25) is 5.10 Å². The van der Waals surface area contributed by atoms with Crippen molar-refractivity contribution in [1.82, 2.24) is 15.2 Å². The summed E-state index contributed by atoms with van der Waals surface area (Å²) in [5.74, 6) is -1.01. The number of hydrogen-bond donors (Lipinski definition) is 3. The maximum atomic E-state index is 10.6. The van der Waals surface area contributed by atoms with Gasteiger partial charge in [-0.1, -0.05) is 12.1 Å². The molecule has 0 fully saturated rings. The number of hydrogen-bond acceptors (Lipinski definition) is 4. The van der Waals surface area contributed by atoms with Crippen molar-refractivity contribution in [3.05, 3.63) is 30.1 Å². The molecule has 0 aliphatic heterocycles. The number of carboxylic acids is 1. The van der Waals surface area contributed by atoms with Gasteiger partial charge in [-0.15, -0.1) is 0 Å². The minimum absolute atomic E-state index is 0.188. The normalized spacial score (nSPS) is 10.1. The molecule has 6 nitrogen and oxygen atoms in total. The van der Waals surface area contributed by atoms with E-state index in [1.807, 2.05) is 0 Å². The molecule has 1 aromatic carbocycles. The third-order valence-corrected chi connectivity index (χ3v) is 1.83. The molecule has 0 unspecified atom stereocenters. The van der Waals surface area contributed by atoms with E-state index in [0.717, 1.165) is 0 Å². The smallest absolute Gasteiger partial charge is 0.373 e. The lowest BCUT2D eigenvalue weighted by Crippen LogP contribution is -1.98. The molecule has 2 rings (SSSR count). The minimum atomic E-state index is -1.14. The SMILES string of the molecule is Nc1cccc(-c2n[nH]c(C(=O)O)n2)c1. The maximum absolute atomic E-state index is 10.6. The van der Waals surface area contributed by atoms with Gasteiger partial charge in [0.2, 0.25) is 5.82 Å². The molecule has 6 heteroatoms. The van der Waals surface area contributed by atoms with Crippen molar-refractivity contribution in [2.75, 3.05) is 5.73 Å². The van der Waals surface area contributed by atoms with Gasteiger partial charge in [0.25, 0.3) is 0 Å². The molecule has 0 saturated carbocycles. The fraction of sp³-hybridized carbons (Fsp3) is 0. The number of nitrogens with one attached hydrogen (secondary N) is 1. The Bertz CT molecular complexity index is 506. The molecular formula is C9H8N4O2. The van der Waals surface area contributed by atoms with Crippen LogP contribution in [0.15, 0.2) is 24.3 Å². The standard InChI is InChI=1S/C9H8N4O2/c10-6-3-1-2-5(4-6)7-11-8(9(14)15)13-12-7/h1-4H,10H2,(H,14,15)(H,11,12,13). The number of nitrogens with two attached hydrogens (primary N) is 1. The first-order valence-electron chi connectivity index (χ1n) is 4.18. The fourth-order valence-electron chi connectivity index (χ4n) is 1.16. The van der Waals surface area contributed by atoms with Gasteiger partial charge in [0, 0.05) is 11.3 Å². The summed E-state index contributed by atoms with van der Waals surface area (Å²) in [6.07, 6.45) is 0. The summed E-state index contributed by atoms with van der Waals surface area (Å²) in [7, 11) is 0. The number of nitrogen functional groups attached to an aromatic ring is 1. The average Bonchev–Trinajstić information content (AvgIpc) is 2.66. The second-order valence-electron chi connectivity index (χ2n) is 2.94. The van der Waals surface area contributed by atoms with E-state index in [2.05, 4.69) is 15.2 Å². The van der Waals surface area contributed by atoms with E-state index in [1.165, 1.54) is 0 Å². The van der Waals surface area contributed by atoms with Gasteiger partial charge in [-0.2, -0.15) is 5.10 Å². The molecule has 0 bridgehead atoms. The van der Waals surface area contributed by atoms with E-state index in [4.69, 9.17) is 10.8 Å². The van der Waals surface area contributed by atoms with Crippen LogP contribution in [0.4, 0.5) is 5.69 Å². The molecule has 0 saturated heterocycles. The zero-order chi connectivity index (χ0) is 10.8. The summed E-state index contributed by atoms with van der Waals surface area (Å²) >= 11 is 0. The number of carboxylic acid groups (broad SMARTS) is 1. The number of nitrogens with zero attached hydrogens (tertiary/aromatic N) is 2. The summed E-state index contributed by atoms with van der Waals surface area (Å²) in [6.45, 7) is 0. The van der Waals surface area contributed by atoms with Crippen molar-refractivity contribution in [2.24, 2.45) is 0 Å². The quantitative estimate of drug-likeness (QED) is 0.626. The van der Waals surface area contributed by atoms with Gasteiger partial charge in [0.15, 0.2) is 5.82 Å². The van der Waals surface area contributed by atoms with Crippen LogP contribution in [-0.4, -0.2) is 26.3 Å². The third-order valence-electron chi connectivity index (χ3n) is 1.83. The molecule has 4 N–H and O–H groups in total. The lowest BCUT2D eigenvalue weighted by molar-refractivity contribution is 0.0684. The van der Waals surface area contributed by atoms with Gasteiger partial charge in [0.05, 0.1) is 0 Å². The molecule has 0 aliphatic rings. The third kappa shape index (κ3) is 1.78. The number of rotatable bonds is 2. The van der Waals surface area contributed by atoms with Crippen molar-refractivity contribution in [1.29, 1.82) is 0 Å². The zero-order valence-electron chi connectivity index (χ0n) is 7.64. The molecule has 2 aromatic rings. The Morgan fingerprint density at radius 1 is 1.47 bits per heavy atom. The first-order chi connectivity index (χ1) is 7.16. The summed E-state index contributed by atoms with van der Waals surface area (Å²) in [4.78, 5) is 14.4. The highest BCUT2D eigenvalue weighted by molar-refractivity contribution is 5.83. The van der Waals surface area contributed by atoms with Crippen molar-refractivity contribution < 1.29 is 9.90 Å². The Kier molecular flexibility index (Phi) is 2.09. The fourth-order valence-corrected chi connectivity index (χ4v) is 1.16. The van der Waals surface area contributed by atoms with Gasteiger partial charge >= 0.3 is 5.97 Å². The minimum Gasteiger partial charge on any atom is -0.475 e. The molecule has 76 valence electrons. The van der Waals surface area contributed by atoms with Gasteiger partial charge in [-0.05, 0) is 12.1 Å². The molecule has 15 heavy (non-hydrogen) atoms. The van der Waals surface area contributed by atoms with E-state index in [-0.39, 0.29) is 5.82 Å². The number of aromatic amines is 1. The monoisotopic (exact) mass is 204 g/mol. The van der Waals surface area contributed by atoms with Gasteiger partial charge in [0.1, 0.15) is 0 Å². The number of aromatic nitrogens is 3.